The van der Waals surface area contributed by atoms with Crippen LogP contribution in [0.3, 0.4) is 0 Å². The highest BCUT2D eigenvalue weighted by Gasteiger charge is 2.35. The molecule has 3 heterocycles. The minimum Gasteiger partial charge on any atom is -0.388 e. The molecule has 1 aliphatic rings. The van der Waals surface area contributed by atoms with Crippen LogP contribution in [0.25, 0.3) is 21.8 Å². The first-order chi connectivity index (χ1) is 19.6. The molecule has 12 heteroatoms. The third-order valence-electron chi connectivity index (χ3n) is 6.40. The fourth-order valence-corrected chi connectivity index (χ4v) is 7.01. The molecular formula is C29H27F5N4OS2. The molecule has 1 atom stereocenters. The van der Waals surface area contributed by atoms with Crippen molar-refractivity contribution >= 4 is 38.2 Å². The van der Waals surface area contributed by atoms with Gasteiger partial charge in [0.2, 0.25) is 5.88 Å². The summed E-state index contributed by atoms with van der Waals surface area (Å²) in [7, 11) is -0.608. The number of aromatic nitrogens is 2. The number of ether oxygens (including phenoxy) is 1. The van der Waals surface area contributed by atoms with Crippen LogP contribution in [-0.2, 0) is 5.92 Å². The predicted octanol–water partition coefficient (Wildman–Crippen LogP) is 9.33. The molecule has 4 aromatic rings. The molecule has 0 radical (unpaired) electrons. The van der Waals surface area contributed by atoms with Gasteiger partial charge in [-0.05, 0) is 49.4 Å². The number of nitrogens with zero attached hydrogens (tertiary/aromatic N) is 2. The number of rotatable bonds is 2. The molecule has 1 aliphatic heterocycles. The van der Waals surface area contributed by atoms with Gasteiger partial charge in [-0.3, -0.25) is 0 Å². The molecular weight excluding hydrogens is 579 g/mol. The van der Waals surface area contributed by atoms with Gasteiger partial charge < -0.3 is 14.8 Å². The van der Waals surface area contributed by atoms with E-state index in [4.69, 9.17) is 4.98 Å². The highest BCUT2D eigenvalue weighted by molar-refractivity contribution is 8.16. The Morgan fingerprint density at radius 3 is 2.59 bits per heavy atom. The molecule has 0 amide bonds. The van der Waals surface area contributed by atoms with Crippen LogP contribution in [-0.4, -0.2) is 28.2 Å². The van der Waals surface area contributed by atoms with Crippen molar-refractivity contribution in [2.75, 3.05) is 16.6 Å². The van der Waals surface area contributed by atoms with Crippen molar-refractivity contribution in [3.8, 4) is 27.7 Å². The molecule has 0 saturated heterocycles. The van der Waals surface area contributed by atoms with Crippen molar-refractivity contribution < 1.29 is 26.7 Å². The average Bonchev–Trinajstić information content (AvgIpc) is 3.36. The Morgan fingerprint density at radius 2 is 1.78 bits per heavy atom. The summed E-state index contributed by atoms with van der Waals surface area (Å²) in [6.07, 6.45) is -3.58. The molecule has 0 spiro atoms. The monoisotopic (exact) mass is 606 g/mol. The topological polar surface area (TPSA) is 59.1 Å². The Kier molecular flexibility index (Phi) is 8.60. The van der Waals surface area contributed by atoms with Gasteiger partial charge in [0.1, 0.15) is 0 Å². The van der Waals surface area contributed by atoms with E-state index in [-0.39, 0.29) is 28.9 Å². The lowest BCUT2D eigenvalue weighted by atomic mass is 9.94. The number of thiazole rings is 1. The van der Waals surface area contributed by atoms with Gasteiger partial charge in [-0.2, -0.15) is 0 Å². The van der Waals surface area contributed by atoms with E-state index in [2.05, 4.69) is 19.8 Å². The molecule has 2 aromatic heterocycles. The Morgan fingerprint density at radius 1 is 0.976 bits per heavy atom. The molecule has 2 N–H and O–H groups in total. The van der Waals surface area contributed by atoms with E-state index in [1.807, 2.05) is 36.6 Å². The fourth-order valence-electron chi connectivity index (χ4n) is 4.55. The second kappa shape index (κ2) is 12.2. The van der Waals surface area contributed by atoms with Gasteiger partial charge in [0.25, 0.3) is 5.92 Å². The minimum absolute atomic E-state index is 0.131. The molecule has 0 aliphatic carbocycles. The van der Waals surface area contributed by atoms with Crippen LogP contribution in [0.2, 0.25) is 0 Å². The number of hydrogen-bond donors (Lipinski definition) is 2. The smallest absolute Gasteiger partial charge is 0.388 e. The van der Waals surface area contributed by atoms with Gasteiger partial charge in [-0.15, -0.1) is 13.2 Å². The molecule has 216 valence electrons. The summed E-state index contributed by atoms with van der Waals surface area (Å²) >= 11 is 1.14. The summed E-state index contributed by atoms with van der Waals surface area (Å²) in [6, 6.07) is 18.0. The third-order valence-corrected chi connectivity index (χ3v) is 9.17. The first kappa shape index (κ1) is 29.0. The van der Waals surface area contributed by atoms with E-state index in [0.717, 1.165) is 34.4 Å². The summed E-state index contributed by atoms with van der Waals surface area (Å²) in [5, 5.41) is 5.77. The maximum atomic E-state index is 15.7. The highest BCUT2D eigenvalue weighted by Crippen LogP contribution is 2.46. The van der Waals surface area contributed by atoms with Crippen LogP contribution >= 0.6 is 22.0 Å². The zero-order valence-corrected chi connectivity index (χ0v) is 23.6. The van der Waals surface area contributed by atoms with Crippen LogP contribution in [0.15, 0.2) is 71.6 Å². The van der Waals surface area contributed by atoms with Gasteiger partial charge in [0.15, 0.2) is 5.13 Å². The number of pyridine rings is 1. The van der Waals surface area contributed by atoms with Crippen molar-refractivity contribution in [2.24, 2.45) is 0 Å². The van der Waals surface area contributed by atoms with Crippen LogP contribution in [0.5, 0.6) is 5.88 Å². The van der Waals surface area contributed by atoms with Crippen LogP contribution in [0.1, 0.15) is 38.2 Å². The third kappa shape index (κ3) is 7.05. The molecule has 1 unspecified atom stereocenters. The van der Waals surface area contributed by atoms with Crippen molar-refractivity contribution in [3.05, 3.63) is 72.3 Å². The zero-order valence-electron chi connectivity index (χ0n) is 22.0. The Bertz CT molecular complexity index is 1550. The average molecular weight is 607 g/mol. The second-order valence-electron chi connectivity index (χ2n) is 9.30. The van der Waals surface area contributed by atoms with Crippen molar-refractivity contribution in [1.29, 1.82) is 0 Å². The van der Waals surface area contributed by atoms with E-state index >= 15 is 8.78 Å². The standard InChI is InChI=1S/C29H27F5N4OS2/c1-2-41-20-11-8-10-19(18-20)35-17-7-3-6-16-28(30,31)22-13-5-4-12-21(22)25-26(40-27(37-25)38-41)23-14-9-15-24(36-23)39-29(32,33)34/h2,4-5,8-15,18,35H,3,6-7,16-17H2,1H3,(H,37,38). The number of nitrogens with one attached hydrogen (secondary N) is 2. The number of fused-ring (bicyclic) bond motifs is 6. The van der Waals surface area contributed by atoms with Crippen molar-refractivity contribution in [1.82, 2.24) is 9.97 Å². The second-order valence-corrected chi connectivity index (χ2v) is 12.1. The van der Waals surface area contributed by atoms with E-state index in [9.17, 15) is 13.2 Å². The number of anilines is 2. The highest BCUT2D eigenvalue weighted by atomic mass is 32.2. The van der Waals surface area contributed by atoms with Crippen LogP contribution in [0, 0.1) is 0 Å². The maximum Gasteiger partial charge on any atom is 0.574 e. The van der Waals surface area contributed by atoms with Crippen molar-refractivity contribution in [2.45, 2.75) is 49.8 Å². The lowest BCUT2D eigenvalue weighted by molar-refractivity contribution is -0.276. The Hall–Kier alpha value is -3.51. The van der Waals surface area contributed by atoms with E-state index in [1.54, 1.807) is 18.2 Å². The van der Waals surface area contributed by atoms with Gasteiger partial charge >= 0.3 is 6.36 Å². The SMILES string of the molecule is C/C=S1/Nc2nc(c(-c3cccc(OC(F)(F)F)n3)s2)-c2ccccc2C(F)(F)CCCCCNc2cccc1c2. The van der Waals surface area contributed by atoms with Crippen molar-refractivity contribution in [3.63, 3.8) is 0 Å². The Balaban J connectivity index is 1.67. The predicted molar refractivity (Wildman–Crippen MR) is 156 cm³/mol. The molecule has 4 bridgehead atoms. The lowest BCUT2D eigenvalue weighted by Crippen LogP contribution is -2.18. The number of halogens is 5. The normalized spacial score (nSPS) is 17.6. The lowest BCUT2D eigenvalue weighted by Gasteiger charge is -2.20. The quantitative estimate of drug-likeness (QED) is 0.176. The van der Waals surface area contributed by atoms with Crippen LogP contribution < -0.4 is 14.8 Å². The number of benzene rings is 2. The Labute approximate surface area is 240 Å². The first-order valence-corrected chi connectivity index (χ1v) is 15.1. The molecule has 41 heavy (non-hydrogen) atoms. The summed E-state index contributed by atoms with van der Waals surface area (Å²) in [5.74, 6) is -3.79. The number of hydrogen-bond acceptors (Lipinski definition) is 6. The minimum atomic E-state index is -4.93. The summed E-state index contributed by atoms with van der Waals surface area (Å²) in [4.78, 5) is 10.1. The van der Waals surface area contributed by atoms with Crippen LogP contribution in [0.4, 0.5) is 32.8 Å². The summed E-state index contributed by atoms with van der Waals surface area (Å²) < 4.78 is 77.6. The fraction of sp³-hybridized carbons (Fsp3) is 0.276. The first-order valence-electron chi connectivity index (χ1n) is 13.0. The van der Waals surface area contributed by atoms with Gasteiger partial charge in [0.05, 0.1) is 16.3 Å². The molecule has 0 saturated carbocycles. The maximum absolute atomic E-state index is 15.7. The van der Waals surface area contributed by atoms with Gasteiger partial charge in [-0.25, -0.2) is 18.7 Å². The van der Waals surface area contributed by atoms with Gasteiger partial charge in [0, 0.05) is 40.7 Å². The number of alkyl halides is 5. The molecule has 2 aromatic carbocycles. The van der Waals surface area contributed by atoms with E-state index < -0.39 is 28.8 Å². The zero-order chi connectivity index (χ0) is 29.0. The molecule has 5 nitrogen and oxygen atoms in total. The van der Waals surface area contributed by atoms with E-state index in [0.29, 0.717) is 29.4 Å². The summed E-state index contributed by atoms with van der Waals surface area (Å²) in [6.45, 7) is 2.58. The molecule has 5 rings (SSSR count). The summed E-state index contributed by atoms with van der Waals surface area (Å²) in [5.41, 5.74) is 1.29. The largest absolute Gasteiger partial charge is 0.574 e. The van der Waals surface area contributed by atoms with E-state index in [1.165, 1.54) is 18.2 Å². The molecule has 0 fully saturated rings. The van der Waals surface area contributed by atoms with Gasteiger partial charge in [-0.1, -0.05) is 64.8 Å².